The first kappa shape index (κ1) is 23.3. The monoisotopic (exact) mass is 475 g/mol. The van der Waals surface area contributed by atoms with Crippen molar-refractivity contribution in [3.8, 4) is 11.3 Å². The number of sulfone groups is 1. The molecule has 174 valence electrons. The lowest BCUT2D eigenvalue weighted by molar-refractivity contribution is 0.0964. The first-order valence-electron chi connectivity index (χ1n) is 10.7. The zero-order valence-electron chi connectivity index (χ0n) is 19.1. The van der Waals surface area contributed by atoms with E-state index in [4.69, 9.17) is 0 Å². The van der Waals surface area contributed by atoms with Gasteiger partial charge in [0.05, 0.1) is 21.7 Å². The van der Waals surface area contributed by atoms with Crippen LogP contribution in [0, 0.1) is 0 Å². The SMILES string of the molecule is CNC(=O)c1ccnc2c([C@H](C)CNc3cc(-c4ccc(S(C)(=O)=O)cc4)ncn3)cccc12. The Hall–Kier alpha value is -3.85. The second kappa shape index (κ2) is 9.56. The van der Waals surface area contributed by atoms with Crippen molar-refractivity contribution < 1.29 is 13.2 Å². The summed E-state index contributed by atoms with van der Waals surface area (Å²) >= 11 is 0. The number of benzene rings is 2. The molecular formula is C25H25N5O3S. The van der Waals surface area contributed by atoms with Crippen molar-refractivity contribution in [2.75, 3.05) is 25.2 Å². The molecular weight excluding hydrogens is 450 g/mol. The van der Waals surface area contributed by atoms with Gasteiger partial charge in [-0.3, -0.25) is 9.78 Å². The number of rotatable bonds is 7. The van der Waals surface area contributed by atoms with Crippen LogP contribution in [0.3, 0.4) is 0 Å². The molecule has 2 N–H and O–H groups in total. The highest BCUT2D eigenvalue weighted by Gasteiger charge is 2.15. The molecule has 0 aliphatic rings. The highest BCUT2D eigenvalue weighted by atomic mass is 32.2. The molecule has 1 atom stereocenters. The fourth-order valence-corrected chi connectivity index (χ4v) is 4.41. The van der Waals surface area contributed by atoms with E-state index >= 15 is 0 Å². The molecule has 9 heteroatoms. The van der Waals surface area contributed by atoms with Crippen molar-refractivity contribution in [3.63, 3.8) is 0 Å². The number of nitrogens with one attached hydrogen (secondary N) is 2. The molecule has 1 amide bonds. The van der Waals surface area contributed by atoms with Crippen LogP contribution in [0.4, 0.5) is 5.82 Å². The number of nitrogens with zero attached hydrogens (tertiary/aromatic N) is 3. The van der Waals surface area contributed by atoms with Crippen molar-refractivity contribution in [1.82, 2.24) is 20.3 Å². The van der Waals surface area contributed by atoms with Gasteiger partial charge in [0.2, 0.25) is 0 Å². The highest BCUT2D eigenvalue weighted by molar-refractivity contribution is 7.90. The molecule has 0 bridgehead atoms. The molecule has 0 saturated carbocycles. The zero-order chi connectivity index (χ0) is 24.3. The molecule has 8 nitrogen and oxygen atoms in total. The van der Waals surface area contributed by atoms with Crippen molar-refractivity contribution >= 4 is 32.5 Å². The molecule has 34 heavy (non-hydrogen) atoms. The third kappa shape index (κ3) is 4.89. The van der Waals surface area contributed by atoms with Gasteiger partial charge >= 0.3 is 0 Å². The molecule has 4 rings (SSSR count). The average molecular weight is 476 g/mol. The maximum Gasteiger partial charge on any atom is 0.251 e. The minimum absolute atomic E-state index is 0.0867. The molecule has 0 fully saturated rings. The van der Waals surface area contributed by atoms with Crippen LogP contribution >= 0.6 is 0 Å². The predicted octanol–water partition coefficient (Wildman–Crippen LogP) is 3.67. The van der Waals surface area contributed by atoms with Gasteiger partial charge in [-0.1, -0.05) is 37.3 Å². The Balaban J connectivity index is 1.53. The Morgan fingerprint density at radius 3 is 2.50 bits per heavy atom. The normalized spacial score (nSPS) is 12.3. The maximum atomic E-state index is 12.2. The summed E-state index contributed by atoms with van der Waals surface area (Å²) in [5.41, 5.74) is 3.91. The van der Waals surface area contributed by atoms with Gasteiger partial charge in [-0.25, -0.2) is 18.4 Å². The van der Waals surface area contributed by atoms with E-state index in [-0.39, 0.29) is 16.7 Å². The Morgan fingerprint density at radius 1 is 1.03 bits per heavy atom. The fourth-order valence-electron chi connectivity index (χ4n) is 3.78. The lowest BCUT2D eigenvalue weighted by Gasteiger charge is -2.16. The third-order valence-corrected chi connectivity index (χ3v) is 6.77. The van der Waals surface area contributed by atoms with Gasteiger partial charge in [0, 0.05) is 49.0 Å². The summed E-state index contributed by atoms with van der Waals surface area (Å²) in [6.45, 7) is 2.68. The summed E-state index contributed by atoms with van der Waals surface area (Å²) in [7, 11) is -1.64. The lowest BCUT2D eigenvalue weighted by Crippen LogP contribution is -2.18. The van der Waals surface area contributed by atoms with E-state index in [1.165, 1.54) is 12.6 Å². The number of fused-ring (bicyclic) bond motifs is 1. The first-order valence-corrected chi connectivity index (χ1v) is 12.6. The Morgan fingerprint density at radius 2 is 1.79 bits per heavy atom. The van der Waals surface area contributed by atoms with Crippen LogP contribution in [0.2, 0.25) is 0 Å². The molecule has 0 saturated heterocycles. The first-order chi connectivity index (χ1) is 16.3. The van der Waals surface area contributed by atoms with Crippen LogP contribution in [0.25, 0.3) is 22.2 Å². The number of anilines is 1. The Kier molecular flexibility index (Phi) is 6.56. The number of hydrogen-bond donors (Lipinski definition) is 2. The van der Waals surface area contributed by atoms with E-state index in [0.717, 1.165) is 22.0 Å². The van der Waals surface area contributed by atoms with Crippen molar-refractivity contribution in [2.24, 2.45) is 0 Å². The minimum atomic E-state index is -3.25. The molecule has 2 heterocycles. The van der Waals surface area contributed by atoms with Gasteiger partial charge in [0.1, 0.15) is 12.1 Å². The van der Waals surface area contributed by atoms with E-state index in [0.29, 0.717) is 23.6 Å². The molecule has 2 aromatic carbocycles. The number of hydrogen-bond acceptors (Lipinski definition) is 7. The van der Waals surface area contributed by atoms with Gasteiger partial charge in [-0.2, -0.15) is 0 Å². The third-order valence-electron chi connectivity index (χ3n) is 5.64. The van der Waals surface area contributed by atoms with Crippen molar-refractivity contribution in [3.05, 3.63) is 78.2 Å². The summed E-state index contributed by atoms with van der Waals surface area (Å²) in [6.07, 6.45) is 4.31. The van der Waals surface area contributed by atoms with Gasteiger partial charge in [-0.05, 0) is 23.8 Å². The van der Waals surface area contributed by atoms with Gasteiger partial charge in [-0.15, -0.1) is 0 Å². The van der Waals surface area contributed by atoms with Gasteiger partial charge in [0.25, 0.3) is 5.91 Å². The van der Waals surface area contributed by atoms with Crippen LogP contribution in [0.15, 0.2) is 72.0 Å². The summed E-state index contributed by atoms with van der Waals surface area (Å²) in [5.74, 6) is 0.597. The van der Waals surface area contributed by atoms with Crippen LogP contribution < -0.4 is 10.6 Å². The molecule has 0 aliphatic carbocycles. The molecule has 2 aromatic heterocycles. The molecule has 0 unspecified atom stereocenters. The summed E-state index contributed by atoms with van der Waals surface area (Å²) < 4.78 is 23.4. The summed E-state index contributed by atoms with van der Waals surface area (Å²) in [4.78, 5) is 25.7. The summed E-state index contributed by atoms with van der Waals surface area (Å²) in [6, 6.07) is 16.0. The fraction of sp³-hybridized carbons (Fsp3) is 0.200. The average Bonchev–Trinajstić information content (AvgIpc) is 2.85. The highest BCUT2D eigenvalue weighted by Crippen LogP contribution is 2.27. The smallest absolute Gasteiger partial charge is 0.251 e. The van der Waals surface area contributed by atoms with Crippen LogP contribution in [-0.2, 0) is 9.84 Å². The van der Waals surface area contributed by atoms with Crippen LogP contribution in [0.5, 0.6) is 0 Å². The zero-order valence-corrected chi connectivity index (χ0v) is 19.9. The Bertz CT molecular complexity index is 1450. The van der Waals surface area contributed by atoms with Crippen LogP contribution in [-0.4, -0.2) is 49.1 Å². The van der Waals surface area contributed by atoms with Crippen LogP contribution in [0.1, 0.15) is 28.8 Å². The van der Waals surface area contributed by atoms with Gasteiger partial charge in [0.15, 0.2) is 9.84 Å². The van der Waals surface area contributed by atoms with E-state index < -0.39 is 9.84 Å². The van der Waals surface area contributed by atoms with E-state index in [9.17, 15) is 13.2 Å². The second-order valence-electron chi connectivity index (χ2n) is 8.05. The number of aromatic nitrogens is 3. The van der Waals surface area contributed by atoms with Gasteiger partial charge < -0.3 is 10.6 Å². The number of carbonyl (C=O) groups excluding carboxylic acids is 1. The minimum Gasteiger partial charge on any atom is -0.369 e. The number of para-hydroxylation sites is 1. The van der Waals surface area contributed by atoms with Crippen molar-refractivity contribution in [2.45, 2.75) is 17.7 Å². The van der Waals surface area contributed by atoms with E-state index in [1.54, 1.807) is 43.6 Å². The molecule has 4 aromatic rings. The van der Waals surface area contributed by atoms with E-state index in [1.807, 2.05) is 24.3 Å². The standard InChI is InChI=1S/C25H25N5O3S/c1-16(19-5-4-6-20-21(25(31)26-2)11-12-27-24(19)20)14-28-23-13-22(29-15-30-23)17-7-9-18(10-8-17)34(3,32)33/h4-13,15-16H,14H2,1-3H3,(H,26,31)(H,28,29,30)/t16-/m1/s1. The quantitative estimate of drug-likeness (QED) is 0.419. The number of pyridine rings is 1. The number of carbonyl (C=O) groups is 1. The van der Waals surface area contributed by atoms with Crippen molar-refractivity contribution in [1.29, 1.82) is 0 Å². The maximum absolute atomic E-state index is 12.2. The largest absolute Gasteiger partial charge is 0.369 e. The number of amides is 1. The lowest BCUT2D eigenvalue weighted by atomic mass is 9.96. The second-order valence-corrected chi connectivity index (χ2v) is 10.1. The summed E-state index contributed by atoms with van der Waals surface area (Å²) in [5, 5.41) is 6.84. The van der Waals surface area contributed by atoms with E-state index in [2.05, 4.69) is 32.5 Å². The predicted molar refractivity (Wildman–Crippen MR) is 133 cm³/mol. The molecule has 0 spiro atoms. The molecule has 0 aliphatic heterocycles. The topological polar surface area (TPSA) is 114 Å². The Labute approximate surface area is 198 Å². The molecule has 0 radical (unpaired) electrons.